The van der Waals surface area contributed by atoms with E-state index in [4.69, 9.17) is 11.5 Å². The molecule has 8 heterocycles. The molecule has 14 heteroatoms. The predicted molar refractivity (Wildman–Crippen MR) is 173 cm³/mol. The Balaban J connectivity index is 0.000000142. The standard InChI is InChI=1S/2C15H18BrN5O/c2*16-13-12-14(17)18-6-7-20(12)15(19-13)9-4-5-10-2-1-3-11(22)21(10)8-9/h2*6-7,9-10H,1-5,8H2,(H2,17,18)/t2*9-,10-/m10/s1. The third-order valence-electron chi connectivity index (χ3n) is 9.78. The Bertz CT molecular complexity index is 1610. The van der Waals surface area contributed by atoms with Gasteiger partial charge in [-0.05, 0) is 83.2 Å². The molecule has 4 saturated heterocycles. The van der Waals surface area contributed by atoms with E-state index in [9.17, 15) is 9.59 Å². The van der Waals surface area contributed by atoms with Crippen molar-refractivity contribution in [1.82, 2.24) is 38.5 Å². The van der Waals surface area contributed by atoms with Gasteiger partial charge in [0.25, 0.3) is 0 Å². The van der Waals surface area contributed by atoms with Gasteiger partial charge in [-0.2, -0.15) is 0 Å². The number of carbonyl (C=O) groups excluding carboxylic acids is 2. The highest BCUT2D eigenvalue weighted by molar-refractivity contribution is 9.10. The number of amides is 2. The number of nitrogen functional groups attached to an aromatic ring is 2. The molecule has 4 atom stereocenters. The lowest BCUT2D eigenvalue weighted by atomic mass is 9.87. The van der Waals surface area contributed by atoms with Crippen molar-refractivity contribution in [2.24, 2.45) is 0 Å². The summed E-state index contributed by atoms with van der Waals surface area (Å²) in [6.45, 7) is 1.52. The Kier molecular flexibility index (Phi) is 7.98. The van der Waals surface area contributed by atoms with Crippen molar-refractivity contribution in [2.45, 2.75) is 88.1 Å². The van der Waals surface area contributed by atoms with Crippen LogP contribution in [0.5, 0.6) is 0 Å². The van der Waals surface area contributed by atoms with Crippen molar-refractivity contribution in [3.63, 3.8) is 0 Å². The molecule has 0 spiro atoms. The highest BCUT2D eigenvalue weighted by Gasteiger charge is 2.37. The molecular formula is C30H36Br2N10O2. The Hall–Kier alpha value is -3.26. The summed E-state index contributed by atoms with van der Waals surface area (Å²) in [5.41, 5.74) is 13.5. The molecule has 0 aromatic carbocycles. The van der Waals surface area contributed by atoms with Gasteiger partial charge in [0.05, 0.1) is 0 Å². The Morgan fingerprint density at radius 1 is 0.659 bits per heavy atom. The van der Waals surface area contributed by atoms with Crippen molar-refractivity contribution in [3.8, 4) is 0 Å². The maximum atomic E-state index is 12.2. The van der Waals surface area contributed by atoms with E-state index in [1.807, 2.05) is 21.2 Å². The van der Waals surface area contributed by atoms with Gasteiger partial charge < -0.3 is 21.3 Å². The number of aromatic nitrogens is 6. The van der Waals surface area contributed by atoms with Crippen molar-refractivity contribution in [3.05, 3.63) is 45.6 Å². The fourth-order valence-corrected chi connectivity index (χ4v) is 8.77. The number of nitrogens with two attached hydrogens (primary N) is 2. The van der Waals surface area contributed by atoms with E-state index in [2.05, 4.69) is 61.6 Å². The quantitative estimate of drug-likeness (QED) is 0.302. The molecule has 0 bridgehead atoms. The van der Waals surface area contributed by atoms with E-state index >= 15 is 0 Å². The van der Waals surface area contributed by atoms with Crippen LogP contribution in [0.15, 0.2) is 34.0 Å². The van der Waals surface area contributed by atoms with Crippen LogP contribution in [0, 0.1) is 0 Å². The monoisotopic (exact) mass is 726 g/mol. The van der Waals surface area contributed by atoms with Crippen molar-refractivity contribution >= 4 is 66.3 Å². The van der Waals surface area contributed by atoms with E-state index in [1.165, 1.54) is 0 Å². The van der Waals surface area contributed by atoms with Gasteiger partial charge in [0.15, 0.2) is 11.6 Å². The Morgan fingerprint density at radius 2 is 1.09 bits per heavy atom. The number of imidazole rings is 2. The number of fused-ring (bicyclic) bond motifs is 4. The first-order valence-corrected chi connectivity index (χ1v) is 17.0. The summed E-state index contributed by atoms with van der Waals surface area (Å²) >= 11 is 6.97. The summed E-state index contributed by atoms with van der Waals surface area (Å²) < 4.78 is 5.46. The van der Waals surface area contributed by atoms with E-state index in [-0.39, 0.29) is 11.8 Å². The molecule has 4 aromatic rings. The number of hydrogen-bond acceptors (Lipinski definition) is 8. The van der Waals surface area contributed by atoms with Gasteiger partial charge >= 0.3 is 0 Å². The third-order valence-corrected chi connectivity index (χ3v) is 10.9. The Morgan fingerprint density at radius 3 is 1.52 bits per heavy atom. The minimum Gasteiger partial charge on any atom is -0.382 e. The topological polar surface area (TPSA) is 153 Å². The van der Waals surface area contributed by atoms with E-state index in [1.54, 1.807) is 12.4 Å². The van der Waals surface area contributed by atoms with Crippen LogP contribution in [0.4, 0.5) is 11.6 Å². The number of piperidine rings is 4. The summed E-state index contributed by atoms with van der Waals surface area (Å²) in [6.07, 6.45) is 17.1. The molecule has 44 heavy (non-hydrogen) atoms. The number of halogens is 2. The van der Waals surface area contributed by atoms with Gasteiger partial charge in [-0.3, -0.25) is 18.4 Å². The minimum atomic E-state index is 0.249. The maximum Gasteiger partial charge on any atom is 0.222 e. The van der Waals surface area contributed by atoms with Crippen LogP contribution >= 0.6 is 31.9 Å². The normalized spacial score (nSPS) is 25.5. The molecule has 232 valence electrons. The van der Waals surface area contributed by atoms with Crippen molar-refractivity contribution in [2.75, 3.05) is 24.6 Å². The van der Waals surface area contributed by atoms with Gasteiger partial charge in [-0.1, -0.05) is 0 Å². The average Bonchev–Trinajstić information content (AvgIpc) is 3.55. The average molecular weight is 728 g/mol. The number of hydrogen-bond donors (Lipinski definition) is 2. The first kappa shape index (κ1) is 29.5. The summed E-state index contributed by atoms with van der Waals surface area (Å²) in [7, 11) is 0. The van der Waals surface area contributed by atoms with Crippen LogP contribution in [0.25, 0.3) is 11.0 Å². The van der Waals surface area contributed by atoms with E-state index in [0.717, 1.165) is 96.3 Å². The Labute approximate surface area is 271 Å². The highest BCUT2D eigenvalue weighted by atomic mass is 79.9. The molecule has 0 unspecified atom stereocenters. The lowest BCUT2D eigenvalue weighted by Gasteiger charge is -2.42. The number of carbonyl (C=O) groups is 2. The van der Waals surface area contributed by atoms with Gasteiger partial charge in [-0.25, -0.2) is 19.9 Å². The fourth-order valence-electron chi connectivity index (χ4n) is 7.61. The zero-order valence-corrected chi connectivity index (χ0v) is 27.6. The largest absolute Gasteiger partial charge is 0.382 e. The SMILES string of the molecule is Nc1nccn2c([C@@H]3CC[C@H]4CCCC(=O)N4C3)nc(Br)c12.Nc1nccn2c([C@H]3CC[C@@H]4CCCC(=O)N4C3)nc(Br)c12. The van der Waals surface area contributed by atoms with Crippen LogP contribution in [-0.4, -0.2) is 75.5 Å². The molecule has 4 aliphatic heterocycles. The molecule has 12 nitrogen and oxygen atoms in total. The minimum absolute atomic E-state index is 0.249. The van der Waals surface area contributed by atoms with Crippen LogP contribution < -0.4 is 11.5 Å². The molecule has 4 aliphatic rings. The predicted octanol–water partition coefficient (Wildman–Crippen LogP) is 4.67. The smallest absolute Gasteiger partial charge is 0.222 e. The number of nitrogens with zero attached hydrogens (tertiary/aromatic N) is 8. The van der Waals surface area contributed by atoms with Crippen LogP contribution in [-0.2, 0) is 9.59 Å². The molecule has 8 rings (SSSR count). The molecule has 2 amide bonds. The fraction of sp³-hybridized carbons (Fsp3) is 0.533. The van der Waals surface area contributed by atoms with Crippen LogP contribution in [0.1, 0.15) is 87.7 Å². The molecule has 0 aliphatic carbocycles. The summed E-state index contributed by atoms with van der Waals surface area (Å²) in [5.74, 6) is 3.95. The molecule has 4 aromatic heterocycles. The third kappa shape index (κ3) is 5.23. The van der Waals surface area contributed by atoms with Gasteiger partial charge in [-0.15, -0.1) is 0 Å². The van der Waals surface area contributed by atoms with E-state index in [0.29, 0.717) is 48.4 Å². The van der Waals surface area contributed by atoms with Gasteiger partial charge in [0.2, 0.25) is 11.8 Å². The lowest BCUT2D eigenvalue weighted by molar-refractivity contribution is -0.139. The zero-order valence-electron chi connectivity index (χ0n) is 24.4. The van der Waals surface area contributed by atoms with Gasteiger partial charge in [0, 0.05) is 74.6 Å². The number of rotatable bonds is 2. The summed E-state index contributed by atoms with van der Waals surface area (Å²) in [6, 6.07) is 0.859. The summed E-state index contributed by atoms with van der Waals surface area (Å²) in [4.78, 5) is 46.1. The number of anilines is 2. The first-order valence-electron chi connectivity index (χ1n) is 15.4. The second kappa shape index (κ2) is 11.9. The molecule has 0 saturated carbocycles. The van der Waals surface area contributed by atoms with Crippen LogP contribution in [0.3, 0.4) is 0 Å². The molecule has 4 fully saturated rings. The second-order valence-corrected chi connectivity index (χ2v) is 13.8. The zero-order chi connectivity index (χ0) is 30.5. The highest BCUT2D eigenvalue weighted by Crippen LogP contribution is 2.38. The van der Waals surface area contributed by atoms with Crippen molar-refractivity contribution < 1.29 is 9.59 Å². The van der Waals surface area contributed by atoms with Crippen molar-refractivity contribution in [1.29, 1.82) is 0 Å². The molecular weight excluding hydrogens is 692 g/mol. The second-order valence-electron chi connectivity index (χ2n) is 12.3. The lowest BCUT2D eigenvalue weighted by Crippen LogP contribution is -2.48. The van der Waals surface area contributed by atoms with E-state index < -0.39 is 0 Å². The molecule has 4 N–H and O–H groups in total. The molecule has 0 radical (unpaired) electrons. The first-order chi connectivity index (χ1) is 21.3. The maximum absolute atomic E-state index is 12.2. The van der Waals surface area contributed by atoms with Gasteiger partial charge in [0.1, 0.15) is 31.9 Å². The van der Waals surface area contributed by atoms with Crippen LogP contribution in [0.2, 0.25) is 0 Å². The summed E-state index contributed by atoms with van der Waals surface area (Å²) in [5, 5.41) is 0.